The van der Waals surface area contributed by atoms with Crippen molar-refractivity contribution in [2.45, 2.75) is 38.6 Å². The van der Waals surface area contributed by atoms with Gasteiger partial charge in [0.1, 0.15) is 18.1 Å². The van der Waals surface area contributed by atoms with E-state index in [1.165, 1.54) is 32.4 Å². The van der Waals surface area contributed by atoms with E-state index in [4.69, 9.17) is 4.74 Å². The fourth-order valence-corrected chi connectivity index (χ4v) is 3.33. The van der Waals surface area contributed by atoms with Gasteiger partial charge in [-0.05, 0) is 56.1 Å². The molecule has 1 unspecified atom stereocenters. The SMILES string of the molecule is CC(COc1ccccc1Cc1ccccc1O)N1CCCCC1. The summed E-state index contributed by atoms with van der Waals surface area (Å²) in [5.74, 6) is 1.26. The number of rotatable bonds is 6. The van der Waals surface area contributed by atoms with Gasteiger partial charge in [0.15, 0.2) is 0 Å². The number of hydrogen-bond donors (Lipinski definition) is 1. The molecule has 0 radical (unpaired) electrons. The topological polar surface area (TPSA) is 32.7 Å². The maximum atomic E-state index is 10.0. The highest BCUT2D eigenvalue weighted by Gasteiger charge is 2.17. The lowest BCUT2D eigenvalue weighted by Crippen LogP contribution is -2.40. The lowest BCUT2D eigenvalue weighted by atomic mass is 10.0. The van der Waals surface area contributed by atoms with Gasteiger partial charge in [0.05, 0.1) is 0 Å². The van der Waals surface area contributed by atoms with E-state index in [2.05, 4.69) is 17.9 Å². The largest absolute Gasteiger partial charge is 0.508 e. The molecule has 1 heterocycles. The monoisotopic (exact) mass is 325 g/mol. The minimum Gasteiger partial charge on any atom is -0.508 e. The van der Waals surface area contributed by atoms with E-state index in [9.17, 15) is 5.11 Å². The van der Waals surface area contributed by atoms with Crippen LogP contribution in [0.2, 0.25) is 0 Å². The highest BCUT2D eigenvalue weighted by molar-refractivity contribution is 5.41. The molecule has 1 saturated heterocycles. The standard InChI is InChI=1S/C21H27NO2/c1-17(22-13-7-2-8-14-22)16-24-21-12-6-4-10-19(21)15-18-9-3-5-11-20(18)23/h3-6,9-12,17,23H,2,7-8,13-16H2,1H3. The van der Waals surface area contributed by atoms with Gasteiger partial charge in [-0.15, -0.1) is 0 Å². The van der Waals surface area contributed by atoms with Crippen LogP contribution in [0.5, 0.6) is 11.5 Å². The number of phenols is 1. The molecule has 2 aromatic carbocycles. The molecule has 1 N–H and O–H groups in total. The average Bonchev–Trinajstić information content (AvgIpc) is 2.63. The van der Waals surface area contributed by atoms with Crippen LogP contribution in [-0.2, 0) is 6.42 Å². The molecule has 0 saturated carbocycles. The van der Waals surface area contributed by atoms with E-state index in [-0.39, 0.29) is 0 Å². The third kappa shape index (κ3) is 4.30. The number of nitrogens with zero attached hydrogens (tertiary/aromatic N) is 1. The number of piperidine rings is 1. The molecule has 1 atom stereocenters. The zero-order chi connectivity index (χ0) is 16.8. The molecule has 1 fully saturated rings. The van der Waals surface area contributed by atoms with E-state index in [0.717, 1.165) is 16.9 Å². The average molecular weight is 325 g/mol. The third-order valence-electron chi connectivity index (χ3n) is 4.84. The van der Waals surface area contributed by atoms with Gasteiger partial charge in [0.25, 0.3) is 0 Å². The normalized spacial score (nSPS) is 16.7. The van der Waals surface area contributed by atoms with Crippen molar-refractivity contribution >= 4 is 0 Å². The quantitative estimate of drug-likeness (QED) is 0.862. The zero-order valence-corrected chi connectivity index (χ0v) is 14.4. The Balaban J connectivity index is 1.64. The Hall–Kier alpha value is -2.00. The Kier molecular flexibility index (Phi) is 5.76. The molecule has 2 aromatic rings. The minimum absolute atomic E-state index is 0.342. The summed E-state index contributed by atoms with van der Waals surface area (Å²) < 4.78 is 6.14. The van der Waals surface area contributed by atoms with Crippen LogP contribution in [0, 0.1) is 0 Å². The Morgan fingerprint density at radius 2 is 1.62 bits per heavy atom. The number of hydrogen-bond acceptors (Lipinski definition) is 3. The highest BCUT2D eigenvalue weighted by Crippen LogP contribution is 2.26. The van der Waals surface area contributed by atoms with Gasteiger partial charge >= 0.3 is 0 Å². The summed E-state index contributed by atoms with van der Waals surface area (Å²) in [6, 6.07) is 16.1. The summed E-state index contributed by atoms with van der Waals surface area (Å²) in [6.45, 7) is 5.32. The number of likely N-dealkylation sites (tertiary alicyclic amines) is 1. The smallest absolute Gasteiger partial charge is 0.122 e. The molecule has 3 heteroatoms. The molecular weight excluding hydrogens is 298 g/mol. The Bertz CT molecular complexity index is 650. The molecule has 0 amide bonds. The number of phenolic OH excluding ortho intramolecular Hbond substituents is 1. The van der Waals surface area contributed by atoms with Gasteiger partial charge in [-0.1, -0.05) is 42.8 Å². The Morgan fingerprint density at radius 1 is 0.958 bits per heavy atom. The number of benzene rings is 2. The predicted octanol–water partition coefficient (Wildman–Crippen LogP) is 4.24. The van der Waals surface area contributed by atoms with Crippen molar-refractivity contribution in [1.82, 2.24) is 4.90 Å². The molecular formula is C21H27NO2. The first-order valence-corrected chi connectivity index (χ1v) is 8.95. The summed E-state index contributed by atoms with van der Waals surface area (Å²) in [7, 11) is 0. The van der Waals surface area contributed by atoms with Gasteiger partial charge in [-0.2, -0.15) is 0 Å². The molecule has 1 aliphatic heterocycles. The van der Waals surface area contributed by atoms with Crippen molar-refractivity contribution in [1.29, 1.82) is 0 Å². The fraction of sp³-hybridized carbons (Fsp3) is 0.429. The van der Waals surface area contributed by atoms with Crippen LogP contribution in [0.4, 0.5) is 0 Å². The summed E-state index contributed by atoms with van der Waals surface area (Å²) in [5, 5.41) is 10.0. The highest BCUT2D eigenvalue weighted by atomic mass is 16.5. The Morgan fingerprint density at radius 3 is 2.38 bits per heavy atom. The van der Waals surface area contributed by atoms with E-state index < -0.39 is 0 Å². The van der Waals surface area contributed by atoms with Gasteiger partial charge in [0, 0.05) is 12.5 Å². The fourth-order valence-electron chi connectivity index (χ4n) is 3.33. The van der Waals surface area contributed by atoms with E-state index in [1.807, 2.05) is 36.4 Å². The summed E-state index contributed by atoms with van der Waals surface area (Å²) in [6.07, 6.45) is 4.64. The van der Waals surface area contributed by atoms with Crippen molar-refractivity contribution in [2.75, 3.05) is 19.7 Å². The molecule has 0 aromatic heterocycles. The number of aromatic hydroxyl groups is 1. The van der Waals surface area contributed by atoms with Gasteiger partial charge in [-0.25, -0.2) is 0 Å². The molecule has 128 valence electrons. The molecule has 1 aliphatic rings. The van der Waals surface area contributed by atoms with Crippen molar-refractivity contribution in [3.8, 4) is 11.5 Å². The first kappa shape index (κ1) is 16.8. The minimum atomic E-state index is 0.342. The van der Waals surface area contributed by atoms with Crippen molar-refractivity contribution in [3.05, 3.63) is 59.7 Å². The molecule has 24 heavy (non-hydrogen) atoms. The van der Waals surface area contributed by atoms with Crippen LogP contribution in [0.1, 0.15) is 37.3 Å². The third-order valence-corrected chi connectivity index (χ3v) is 4.84. The van der Waals surface area contributed by atoms with Gasteiger partial charge in [-0.3, -0.25) is 4.90 Å². The lowest BCUT2D eigenvalue weighted by molar-refractivity contribution is 0.124. The van der Waals surface area contributed by atoms with Gasteiger partial charge < -0.3 is 9.84 Å². The maximum absolute atomic E-state index is 10.0. The molecule has 0 bridgehead atoms. The summed E-state index contributed by atoms with van der Waals surface area (Å²) >= 11 is 0. The van der Waals surface area contributed by atoms with Crippen molar-refractivity contribution < 1.29 is 9.84 Å². The van der Waals surface area contributed by atoms with Gasteiger partial charge in [0.2, 0.25) is 0 Å². The molecule has 3 nitrogen and oxygen atoms in total. The van der Waals surface area contributed by atoms with E-state index in [1.54, 1.807) is 6.07 Å². The first-order chi connectivity index (χ1) is 11.7. The first-order valence-electron chi connectivity index (χ1n) is 8.95. The van der Waals surface area contributed by atoms with Crippen LogP contribution >= 0.6 is 0 Å². The van der Waals surface area contributed by atoms with E-state index in [0.29, 0.717) is 24.8 Å². The second-order valence-corrected chi connectivity index (χ2v) is 6.67. The van der Waals surface area contributed by atoms with Crippen LogP contribution < -0.4 is 4.74 Å². The molecule has 0 aliphatic carbocycles. The number of para-hydroxylation sites is 2. The van der Waals surface area contributed by atoms with Crippen molar-refractivity contribution in [2.24, 2.45) is 0 Å². The maximum Gasteiger partial charge on any atom is 0.122 e. The lowest BCUT2D eigenvalue weighted by Gasteiger charge is -2.32. The predicted molar refractivity (Wildman–Crippen MR) is 97.7 cm³/mol. The van der Waals surface area contributed by atoms with E-state index >= 15 is 0 Å². The Labute approximate surface area is 144 Å². The second kappa shape index (κ2) is 8.20. The van der Waals surface area contributed by atoms with Crippen molar-refractivity contribution in [3.63, 3.8) is 0 Å². The zero-order valence-electron chi connectivity index (χ0n) is 14.4. The van der Waals surface area contributed by atoms with Crippen LogP contribution in [0.25, 0.3) is 0 Å². The van der Waals surface area contributed by atoms with Crippen LogP contribution in [-0.4, -0.2) is 35.7 Å². The molecule has 0 spiro atoms. The summed E-state index contributed by atoms with van der Waals surface area (Å²) in [5.41, 5.74) is 2.04. The number of ether oxygens (including phenoxy) is 1. The van der Waals surface area contributed by atoms with Crippen LogP contribution in [0.3, 0.4) is 0 Å². The second-order valence-electron chi connectivity index (χ2n) is 6.67. The van der Waals surface area contributed by atoms with Crippen LogP contribution in [0.15, 0.2) is 48.5 Å². The molecule has 3 rings (SSSR count). The summed E-state index contributed by atoms with van der Waals surface area (Å²) in [4.78, 5) is 2.52.